The van der Waals surface area contributed by atoms with Crippen molar-refractivity contribution in [2.24, 2.45) is 0 Å². The Balaban J connectivity index is 1.15. The summed E-state index contributed by atoms with van der Waals surface area (Å²) in [6, 6.07) is 14.7. The van der Waals surface area contributed by atoms with Gasteiger partial charge in [-0.2, -0.15) is 0 Å². The second kappa shape index (κ2) is 14.0. The van der Waals surface area contributed by atoms with E-state index in [1.54, 1.807) is 64.4 Å². The van der Waals surface area contributed by atoms with Crippen LogP contribution in [0.2, 0.25) is 5.02 Å². The van der Waals surface area contributed by atoms with Crippen LogP contribution in [0.15, 0.2) is 73.1 Å². The minimum Gasteiger partial charge on any atom is -0.444 e. The highest BCUT2D eigenvalue weighted by Crippen LogP contribution is 2.32. The summed E-state index contributed by atoms with van der Waals surface area (Å²) >= 11 is 6.50. The number of piperidine rings is 1. The van der Waals surface area contributed by atoms with E-state index in [9.17, 15) is 14.4 Å². The number of nitrogens with one attached hydrogen (secondary N) is 3. The molecule has 12 heteroatoms. The van der Waals surface area contributed by atoms with Crippen LogP contribution in [0.1, 0.15) is 44.0 Å². The van der Waals surface area contributed by atoms with E-state index in [4.69, 9.17) is 21.3 Å². The van der Waals surface area contributed by atoms with Gasteiger partial charge < -0.3 is 30.2 Å². The van der Waals surface area contributed by atoms with Crippen LogP contribution in [0.4, 0.5) is 16.4 Å². The number of fused-ring (bicyclic) bond motifs is 1. The van der Waals surface area contributed by atoms with Gasteiger partial charge in [-0.05, 0) is 63.9 Å². The van der Waals surface area contributed by atoms with E-state index < -0.39 is 11.7 Å². The molecular weight excluding hydrogens is 606 g/mol. The number of hydrogen-bond donors (Lipinski definition) is 3. The molecule has 0 spiro atoms. The quantitative estimate of drug-likeness (QED) is 0.190. The molecule has 46 heavy (non-hydrogen) atoms. The maximum Gasteiger partial charge on any atom is 0.410 e. The standard InChI is InChI=1S/C34H38ClN7O4/c1-34(2,3)46-33(45)41(4)17-8-12-29(43)38-23-15-13-22(14-16-23)31(44)42-18-7-9-24(21-42)39-32-37-20-27(35)30(40-32)26-19-36-28-11-6-5-10-25(26)28/h5-6,8,10-16,19-20,24,36H,7,9,17-18,21H2,1-4H3,(H,38,43)(H,37,39,40)/b12-8+/t24-/m1/s1. The normalized spacial score (nSPS) is 15.2. The molecule has 0 radical (unpaired) electrons. The van der Waals surface area contributed by atoms with Crippen LogP contribution in [-0.2, 0) is 9.53 Å². The molecule has 1 fully saturated rings. The highest BCUT2D eigenvalue weighted by Gasteiger charge is 2.26. The van der Waals surface area contributed by atoms with Gasteiger partial charge in [0, 0.05) is 72.7 Å². The predicted molar refractivity (Wildman–Crippen MR) is 180 cm³/mol. The first-order valence-electron chi connectivity index (χ1n) is 15.1. The summed E-state index contributed by atoms with van der Waals surface area (Å²) in [6.07, 6.45) is 7.65. The van der Waals surface area contributed by atoms with Crippen LogP contribution >= 0.6 is 11.6 Å². The summed E-state index contributed by atoms with van der Waals surface area (Å²) < 4.78 is 5.30. The molecule has 4 aromatic rings. The first-order chi connectivity index (χ1) is 22.0. The number of nitrogens with zero attached hydrogens (tertiary/aromatic N) is 4. The van der Waals surface area contributed by atoms with Crippen molar-refractivity contribution in [3.8, 4) is 11.3 Å². The average Bonchev–Trinajstić information content (AvgIpc) is 3.45. The summed E-state index contributed by atoms with van der Waals surface area (Å²) in [5.74, 6) is 0.0134. The van der Waals surface area contributed by atoms with Crippen molar-refractivity contribution in [2.75, 3.05) is 37.3 Å². The van der Waals surface area contributed by atoms with Crippen molar-refractivity contribution in [3.05, 3.63) is 83.7 Å². The van der Waals surface area contributed by atoms with Crippen molar-refractivity contribution in [1.29, 1.82) is 0 Å². The molecule has 0 aliphatic carbocycles. The van der Waals surface area contributed by atoms with E-state index in [0.717, 1.165) is 29.3 Å². The lowest BCUT2D eigenvalue weighted by atomic mass is 10.0. The van der Waals surface area contributed by atoms with Crippen molar-refractivity contribution in [1.82, 2.24) is 24.8 Å². The third kappa shape index (κ3) is 8.22. The van der Waals surface area contributed by atoms with Gasteiger partial charge in [0.05, 0.1) is 16.9 Å². The third-order valence-electron chi connectivity index (χ3n) is 7.38. The van der Waals surface area contributed by atoms with Gasteiger partial charge in [0.2, 0.25) is 11.9 Å². The molecule has 3 amide bonds. The number of H-pyrrole nitrogens is 1. The number of rotatable bonds is 8. The Kier molecular flexibility index (Phi) is 9.91. The Labute approximate surface area is 273 Å². The number of anilines is 2. The third-order valence-corrected chi connectivity index (χ3v) is 7.66. The first-order valence-corrected chi connectivity index (χ1v) is 15.5. The van der Waals surface area contributed by atoms with E-state index in [2.05, 4.69) is 20.6 Å². The predicted octanol–water partition coefficient (Wildman–Crippen LogP) is 6.36. The average molecular weight is 644 g/mol. The van der Waals surface area contributed by atoms with E-state index in [1.165, 1.54) is 11.0 Å². The second-order valence-electron chi connectivity index (χ2n) is 12.2. The van der Waals surface area contributed by atoms with Gasteiger partial charge in [-0.1, -0.05) is 35.9 Å². The number of carbonyl (C=O) groups is 3. The number of carbonyl (C=O) groups excluding carboxylic acids is 3. The molecule has 240 valence electrons. The number of ether oxygens (including phenoxy) is 1. The van der Waals surface area contributed by atoms with E-state index >= 15 is 0 Å². The lowest BCUT2D eigenvalue weighted by Gasteiger charge is -2.33. The van der Waals surface area contributed by atoms with Crippen molar-refractivity contribution >= 4 is 52.0 Å². The molecule has 11 nitrogen and oxygen atoms in total. The summed E-state index contributed by atoms with van der Waals surface area (Å²) in [5.41, 5.74) is 3.01. The largest absolute Gasteiger partial charge is 0.444 e. The smallest absolute Gasteiger partial charge is 0.410 e. The molecule has 3 heterocycles. The number of benzene rings is 2. The zero-order valence-corrected chi connectivity index (χ0v) is 27.1. The fraction of sp³-hybridized carbons (Fsp3) is 0.324. The van der Waals surface area contributed by atoms with Crippen LogP contribution in [-0.4, -0.2) is 81.0 Å². The Morgan fingerprint density at radius 1 is 1.15 bits per heavy atom. The number of halogens is 1. The summed E-state index contributed by atoms with van der Waals surface area (Å²) in [5, 5.41) is 7.65. The number of amides is 3. The van der Waals surface area contributed by atoms with Crippen LogP contribution < -0.4 is 10.6 Å². The van der Waals surface area contributed by atoms with Gasteiger partial charge in [0.15, 0.2) is 0 Å². The minimum absolute atomic E-state index is 0.0330. The molecule has 0 bridgehead atoms. The van der Waals surface area contributed by atoms with Crippen molar-refractivity contribution < 1.29 is 19.1 Å². The molecule has 5 rings (SSSR count). The maximum atomic E-state index is 13.4. The topological polar surface area (TPSA) is 133 Å². The molecule has 1 aliphatic heterocycles. The number of aromatic nitrogens is 3. The lowest BCUT2D eigenvalue weighted by Crippen LogP contribution is -2.45. The number of likely N-dealkylation sites (N-methyl/N-ethyl adjacent to an activating group) is 1. The van der Waals surface area contributed by atoms with Gasteiger partial charge in [-0.25, -0.2) is 14.8 Å². The van der Waals surface area contributed by atoms with E-state index in [1.807, 2.05) is 35.4 Å². The Hall–Kier alpha value is -4.90. The molecule has 1 aliphatic rings. The number of aromatic amines is 1. The fourth-order valence-electron chi connectivity index (χ4n) is 5.15. The monoisotopic (exact) mass is 643 g/mol. The van der Waals surface area contributed by atoms with E-state index in [0.29, 0.717) is 41.0 Å². The van der Waals surface area contributed by atoms with Gasteiger partial charge in [0.1, 0.15) is 5.60 Å². The molecule has 2 aromatic carbocycles. The molecule has 0 unspecified atom stereocenters. The van der Waals surface area contributed by atoms with Crippen LogP contribution in [0.3, 0.4) is 0 Å². The Morgan fingerprint density at radius 3 is 2.67 bits per heavy atom. The Morgan fingerprint density at radius 2 is 1.91 bits per heavy atom. The highest BCUT2D eigenvalue weighted by atomic mass is 35.5. The highest BCUT2D eigenvalue weighted by molar-refractivity contribution is 6.33. The van der Waals surface area contributed by atoms with Gasteiger partial charge >= 0.3 is 6.09 Å². The summed E-state index contributed by atoms with van der Waals surface area (Å²) in [4.78, 5) is 53.4. The maximum absolute atomic E-state index is 13.4. The number of hydrogen-bond acceptors (Lipinski definition) is 7. The SMILES string of the molecule is CN(C/C=C/C(=O)Nc1ccc(C(=O)N2CCC[C@@H](Nc3ncc(Cl)c(-c4c[nH]c5ccccc45)n3)C2)cc1)C(=O)OC(C)(C)C. The number of likely N-dealkylation sites (tertiary alicyclic amines) is 1. The summed E-state index contributed by atoms with van der Waals surface area (Å²) in [7, 11) is 1.60. The first kappa shape index (κ1) is 32.5. The molecule has 3 N–H and O–H groups in total. The van der Waals surface area contributed by atoms with Gasteiger partial charge in [-0.3, -0.25) is 9.59 Å². The van der Waals surface area contributed by atoms with Crippen LogP contribution in [0.25, 0.3) is 22.2 Å². The molecular formula is C34H38ClN7O4. The summed E-state index contributed by atoms with van der Waals surface area (Å²) in [6.45, 7) is 6.73. The number of para-hydroxylation sites is 1. The lowest BCUT2D eigenvalue weighted by molar-refractivity contribution is -0.111. The second-order valence-corrected chi connectivity index (χ2v) is 12.6. The molecule has 2 aromatic heterocycles. The van der Waals surface area contributed by atoms with Gasteiger partial charge in [0.25, 0.3) is 5.91 Å². The molecule has 1 atom stereocenters. The zero-order chi connectivity index (χ0) is 32.8. The van der Waals surface area contributed by atoms with Crippen LogP contribution in [0, 0.1) is 0 Å². The van der Waals surface area contributed by atoms with E-state index in [-0.39, 0.29) is 24.4 Å². The Bertz CT molecular complexity index is 1750. The molecule has 1 saturated heterocycles. The van der Waals surface area contributed by atoms with Crippen molar-refractivity contribution in [2.45, 2.75) is 45.3 Å². The zero-order valence-electron chi connectivity index (χ0n) is 26.3. The van der Waals surface area contributed by atoms with Crippen LogP contribution in [0.5, 0.6) is 0 Å². The van der Waals surface area contributed by atoms with Gasteiger partial charge in [-0.15, -0.1) is 0 Å². The molecule has 0 saturated carbocycles. The van der Waals surface area contributed by atoms with Crippen molar-refractivity contribution in [3.63, 3.8) is 0 Å². The fourth-order valence-corrected chi connectivity index (χ4v) is 5.34. The minimum atomic E-state index is -0.594.